The summed E-state index contributed by atoms with van der Waals surface area (Å²) in [5.74, 6) is 0.822. The van der Waals surface area contributed by atoms with Crippen molar-refractivity contribution < 1.29 is 14.6 Å². The molecule has 4 heteroatoms. The Labute approximate surface area is 101 Å². The van der Waals surface area contributed by atoms with E-state index in [1.165, 1.54) is 0 Å². The van der Waals surface area contributed by atoms with Crippen molar-refractivity contribution in [2.24, 2.45) is 5.73 Å². The van der Waals surface area contributed by atoms with Gasteiger partial charge in [-0.1, -0.05) is 18.2 Å². The van der Waals surface area contributed by atoms with Crippen molar-refractivity contribution in [3.63, 3.8) is 0 Å². The molecule has 0 radical (unpaired) electrons. The number of benzene rings is 1. The molecule has 3 N–H and O–H groups in total. The predicted octanol–water partition coefficient (Wildman–Crippen LogP) is 1.23. The van der Waals surface area contributed by atoms with Crippen molar-refractivity contribution in [2.75, 3.05) is 13.2 Å². The smallest absolute Gasteiger partial charge is 0.124 e. The summed E-state index contributed by atoms with van der Waals surface area (Å²) < 4.78 is 11.2. The fourth-order valence-corrected chi connectivity index (χ4v) is 1.83. The normalized spacial score (nSPS) is 24.0. The summed E-state index contributed by atoms with van der Waals surface area (Å²) in [6.07, 6.45) is -0.212. The zero-order valence-electron chi connectivity index (χ0n) is 10.2. The third-order valence-electron chi connectivity index (χ3n) is 2.73. The van der Waals surface area contributed by atoms with Gasteiger partial charge in [0.15, 0.2) is 0 Å². The monoisotopic (exact) mass is 237 g/mol. The molecule has 94 valence electrons. The minimum absolute atomic E-state index is 0.206. The second-order valence-electron chi connectivity index (χ2n) is 5.04. The molecule has 0 aliphatic carbocycles. The van der Waals surface area contributed by atoms with Crippen molar-refractivity contribution in [3.8, 4) is 5.75 Å². The molecule has 1 aliphatic heterocycles. The van der Waals surface area contributed by atoms with Crippen LogP contribution in [0.15, 0.2) is 24.3 Å². The number of hydrogen-bond donors (Lipinski definition) is 2. The topological polar surface area (TPSA) is 64.7 Å². The van der Waals surface area contributed by atoms with Gasteiger partial charge in [-0.25, -0.2) is 0 Å². The number of aliphatic hydroxyl groups is 1. The highest BCUT2D eigenvalue weighted by atomic mass is 16.5. The maximum absolute atomic E-state index is 9.62. The van der Waals surface area contributed by atoms with Crippen LogP contribution in [0.5, 0.6) is 5.75 Å². The van der Waals surface area contributed by atoms with Crippen LogP contribution in [-0.2, 0) is 4.74 Å². The largest absolute Gasteiger partial charge is 0.490 e. The van der Waals surface area contributed by atoms with Crippen LogP contribution in [0.25, 0.3) is 0 Å². The Morgan fingerprint density at radius 1 is 1.47 bits per heavy atom. The molecule has 1 aliphatic rings. The second-order valence-corrected chi connectivity index (χ2v) is 5.04. The maximum atomic E-state index is 9.62. The Morgan fingerprint density at radius 2 is 2.18 bits per heavy atom. The van der Waals surface area contributed by atoms with Gasteiger partial charge in [-0.15, -0.1) is 0 Å². The Bertz CT molecular complexity index is 386. The average molecular weight is 237 g/mol. The van der Waals surface area contributed by atoms with Crippen LogP contribution in [0.3, 0.4) is 0 Å². The second kappa shape index (κ2) is 4.64. The summed E-state index contributed by atoms with van der Waals surface area (Å²) in [5, 5.41) is 9.62. The fourth-order valence-electron chi connectivity index (χ4n) is 1.83. The highest BCUT2D eigenvalue weighted by Gasteiger charge is 2.29. The molecule has 0 fully saturated rings. The summed E-state index contributed by atoms with van der Waals surface area (Å²) in [4.78, 5) is 0. The van der Waals surface area contributed by atoms with Gasteiger partial charge in [0.05, 0.1) is 18.2 Å². The molecule has 1 heterocycles. The van der Waals surface area contributed by atoms with Crippen molar-refractivity contribution in [1.29, 1.82) is 0 Å². The Hall–Kier alpha value is -1.10. The first kappa shape index (κ1) is 12.4. The molecule has 0 unspecified atom stereocenters. The van der Waals surface area contributed by atoms with Gasteiger partial charge in [0.1, 0.15) is 18.5 Å². The molecule has 0 saturated carbocycles. The Kier molecular flexibility index (Phi) is 3.38. The first-order chi connectivity index (χ1) is 7.97. The van der Waals surface area contributed by atoms with Crippen LogP contribution in [0.1, 0.15) is 25.5 Å². The molecule has 0 spiro atoms. The van der Waals surface area contributed by atoms with Gasteiger partial charge in [-0.2, -0.15) is 0 Å². The predicted molar refractivity (Wildman–Crippen MR) is 64.9 cm³/mol. The lowest BCUT2D eigenvalue weighted by atomic mass is 9.99. The van der Waals surface area contributed by atoms with E-state index < -0.39 is 5.60 Å². The number of fused-ring (bicyclic) bond motifs is 1. The molecule has 1 aromatic carbocycles. The van der Waals surface area contributed by atoms with E-state index in [1.54, 1.807) is 13.8 Å². The highest BCUT2D eigenvalue weighted by Crippen LogP contribution is 2.31. The van der Waals surface area contributed by atoms with Crippen LogP contribution >= 0.6 is 0 Å². The molecule has 17 heavy (non-hydrogen) atoms. The zero-order chi connectivity index (χ0) is 12.5. The van der Waals surface area contributed by atoms with Gasteiger partial charge < -0.3 is 20.3 Å². The van der Waals surface area contributed by atoms with Crippen molar-refractivity contribution >= 4 is 0 Å². The lowest BCUT2D eigenvalue weighted by Gasteiger charge is -2.32. The number of hydrogen-bond acceptors (Lipinski definition) is 4. The Morgan fingerprint density at radius 3 is 2.88 bits per heavy atom. The number of ether oxygens (including phenoxy) is 2. The minimum Gasteiger partial charge on any atom is -0.490 e. The van der Waals surface area contributed by atoms with E-state index in [1.807, 2.05) is 24.3 Å². The SMILES string of the molecule is CC(C)(O)CO[C@H]1COc2ccccc2[C@@H]1N. The minimum atomic E-state index is -0.851. The summed E-state index contributed by atoms with van der Waals surface area (Å²) in [5.41, 5.74) is 6.24. The molecule has 2 rings (SSSR count). The van der Waals surface area contributed by atoms with Crippen molar-refractivity contribution in [3.05, 3.63) is 29.8 Å². The maximum Gasteiger partial charge on any atom is 0.124 e. The molecular formula is C13H19NO3. The van der Waals surface area contributed by atoms with E-state index in [2.05, 4.69) is 0 Å². The van der Waals surface area contributed by atoms with Crippen molar-refractivity contribution in [1.82, 2.24) is 0 Å². The third kappa shape index (κ3) is 2.97. The molecule has 0 amide bonds. The molecule has 4 nitrogen and oxygen atoms in total. The number of para-hydroxylation sites is 1. The Balaban J connectivity index is 2.05. The first-order valence-electron chi connectivity index (χ1n) is 5.79. The van der Waals surface area contributed by atoms with Crippen LogP contribution < -0.4 is 10.5 Å². The quantitative estimate of drug-likeness (QED) is 0.830. The summed E-state index contributed by atoms with van der Waals surface area (Å²) in [7, 11) is 0. The molecule has 0 saturated heterocycles. The first-order valence-corrected chi connectivity index (χ1v) is 5.79. The van der Waals surface area contributed by atoms with E-state index in [0.717, 1.165) is 11.3 Å². The van der Waals surface area contributed by atoms with Crippen molar-refractivity contribution in [2.45, 2.75) is 31.6 Å². The average Bonchev–Trinajstić information content (AvgIpc) is 2.27. The van der Waals surface area contributed by atoms with Gasteiger partial charge in [0, 0.05) is 5.56 Å². The van der Waals surface area contributed by atoms with Crippen LogP contribution in [-0.4, -0.2) is 30.0 Å². The van der Waals surface area contributed by atoms with E-state index in [-0.39, 0.29) is 18.8 Å². The molecule has 0 bridgehead atoms. The van der Waals surface area contributed by atoms with Crippen LogP contribution in [0.2, 0.25) is 0 Å². The van der Waals surface area contributed by atoms with Gasteiger partial charge in [0.25, 0.3) is 0 Å². The van der Waals surface area contributed by atoms with Crippen LogP contribution in [0.4, 0.5) is 0 Å². The summed E-state index contributed by atoms with van der Waals surface area (Å²) in [6, 6.07) is 7.49. The lowest BCUT2D eigenvalue weighted by molar-refractivity contribution is -0.0769. The summed E-state index contributed by atoms with van der Waals surface area (Å²) in [6.45, 7) is 4.08. The molecular weight excluding hydrogens is 218 g/mol. The van der Waals surface area contributed by atoms with E-state index >= 15 is 0 Å². The number of rotatable bonds is 3. The zero-order valence-corrected chi connectivity index (χ0v) is 10.2. The molecule has 0 aromatic heterocycles. The lowest BCUT2D eigenvalue weighted by Crippen LogP contribution is -2.41. The van der Waals surface area contributed by atoms with E-state index in [9.17, 15) is 5.11 Å². The number of nitrogens with two attached hydrogens (primary N) is 1. The molecule has 1 aromatic rings. The fraction of sp³-hybridized carbons (Fsp3) is 0.538. The van der Waals surface area contributed by atoms with Gasteiger partial charge >= 0.3 is 0 Å². The molecule has 2 atom stereocenters. The highest BCUT2D eigenvalue weighted by molar-refractivity contribution is 5.38. The van der Waals surface area contributed by atoms with Crippen LogP contribution in [0, 0.1) is 0 Å². The van der Waals surface area contributed by atoms with E-state index in [0.29, 0.717) is 6.61 Å². The van der Waals surface area contributed by atoms with Gasteiger partial charge in [-0.3, -0.25) is 0 Å². The van der Waals surface area contributed by atoms with Gasteiger partial charge in [-0.05, 0) is 19.9 Å². The summed E-state index contributed by atoms with van der Waals surface area (Å²) >= 11 is 0. The van der Waals surface area contributed by atoms with Gasteiger partial charge in [0.2, 0.25) is 0 Å². The van der Waals surface area contributed by atoms with E-state index in [4.69, 9.17) is 15.2 Å². The third-order valence-corrected chi connectivity index (χ3v) is 2.73. The standard InChI is InChI=1S/C13H19NO3/c1-13(2,15)8-17-11-7-16-10-6-4-3-5-9(10)12(11)14/h3-6,11-12,15H,7-8,14H2,1-2H3/t11-,12-/m0/s1.